The number of carbonyl (C=O) groups excluding carboxylic acids is 2. The lowest BCUT2D eigenvalue weighted by Gasteiger charge is -2.19. The molecular weight excluding hydrogens is 517 g/mol. The van der Waals surface area contributed by atoms with E-state index in [4.69, 9.17) is 43.4 Å². The van der Waals surface area contributed by atoms with Crippen molar-refractivity contribution in [2.75, 3.05) is 38.2 Å². The largest absolute Gasteiger partial charge is 0.497 e. The minimum atomic E-state index is -0.430. The Labute approximate surface area is 215 Å². The Bertz CT molecular complexity index is 1170. The summed E-state index contributed by atoms with van der Waals surface area (Å²) in [5.41, 5.74) is 0.904. The Morgan fingerprint density at radius 3 is 1.35 bits per heavy atom. The first-order valence-electron chi connectivity index (χ1n) is 9.65. The highest BCUT2D eigenvalue weighted by atomic mass is 32.2. The maximum atomic E-state index is 13.4. The number of anilines is 2. The molecule has 176 valence electrons. The van der Waals surface area contributed by atoms with Gasteiger partial charge in [0.15, 0.2) is 8.64 Å². The topological polar surface area (TPSA) is 77.5 Å². The lowest BCUT2D eigenvalue weighted by Crippen LogP contribution is -2.30. The standard InChI is InChI=1S/C22H18N2O6S4/c1-27-11-5-7-13(15(9-11)29-3)23-19(25)17(33-21(23)31)18-20(26)24(22(32)34-18)14-8-6-12(28-2)10-16(14)30-4/h5-10H,1-4H3. The first kappa shape index (κ1) is 24.3. The molecule has 2 aliphatic rings. The smallest absolute Gasteiger partial charge is 0.272 e. The quantitative estimate of drug-likeness (QED) is 0.394. The summed E-state index contributed by atoms with van der Waals surface area (Å²) in [5.74, 6) is 1.10. The number of nitrogens with zero attached hydrogens (tertiary/aromatic N) is 2. The number of ether oxygens (including phenoxy) is 4. The van der Waals surface area contributed by atoms with Crippen LogP contribution in [0.5, 0.6) is 23.0 Å². The predicted molar refractivity (Wildman–Crippen MR) is 141 cm³/mol. The van der Waals surface area contributed by atoms with E-state index < -0.39 is 11.8 Å². The van der Waals surface area contributed by atoms with Gasteiger partial charge in [-0.1, -0.05) is 48.0 Å². The molecule has 0 unspecified atom stereocenters. The van der Waals surface area contributed by atoms with E-state index >= 15 is 0 Å². The second kappa shape index (κ2) is 9.82. The van der Waals surface area contributed by atoms with Crippen LogP contribution in [0.4, 0.5) is 11.4 Å². The van der Waals surface area contributed by atoms with Crippen molar-refractivity contribution in [3.63, 3.8) is 0 Å². The first-order valence-corrected chi connectivity index (χ1v) is 12.1. The molecular formula is C22H18N2O6S4. The van der Waals surface area contributed by atoms with Crippen molar-refractivity contribution >= 4 is 79.8 Å². The number of benzene rings is 2. The van der Waals surface area contributed by atoms with Crippen LogP contribution in [0.1, 0.15) is 0 Å². The summed E-state index contributed by atoms with van der Waals surface area (Å²) >= 11 is 13.1. The van der Waals surface area contributed by atoms with Gasteiger partial charge in [-0.25, -0.2) is 0 Å². The van der Waals surface area contributed by atoms with Crippen LogP contribution in [0.2, 0.25) is 0 Å². The Morgan fingerprint density at radius 1 is 0.647 bits per heavy atom. The molecule has 0 saturated carbocycles. The van der Waals surface area contributed by atoms with E-state index in [0.29, 0.717) is 34.4 Å². The van der Waals surface area contributed by atoms with Crippen LogP contribution >= 0.6 is 48.0 Å². The van der Waals surface area contributed by atoms with Crippen molar-refractivity contribution in [1.82, 2.24) is 0 Å². The lowest BCUT2D eigenvalue weighted by molar-refractivity contribution is -0.115. The fourth-order valence-corrected chi connectivity index (χ4v) is 6.09. The molecule has 34 heavy (non-hydrogen) atoms. The lowest BCUT2D eigenvalue weighted by atomic mass is 10.2. The van der Waals surface area contributed by atoms with Gasteiger partial charge in [-0.05, 0) is 24.3 Å². The highest BCUT2D eigenvalue weighted by Gasteiger charge is 2.44. The van der Waals surface area contributed by atoms with Gasteiger partial charge in [0.2, 0.25) is 0 Å². The summed E-state index contributed by atoms with van der Waals surface area (Å²) in [6.45, 7) is 0. The Hall–Kier alpha value is -2.80. The third-order valence-corrected chi connectivity index (χ3v) is 7.87. The van der Waals surface area contributed by atoms with Crippen LogP contribution in [0.3, 0.4) is 0 Å². The van der Waals surface area contributed by atoms with Gasteiger partial charge in [-0.3, -0.25) is 19.4 Å². The van der Waals surface area contributed by atoms with Crippen LogP contribution in [0.25, 0.3) is 0 Å². The highest BCUT2D eigenvalue weighted by Crippen LogP contribution is 2.47. The summed E-state index contributed by atoms with van der Waals surface area (Å²) in [4.78, 5) is 30.0. The van der Waals surface area contributed by atoms with Crippen molar-refractivity contribution in [1.29, 1.82) is 0 Å². The van der Waals surface area contributed by atoms with E-state index in [0.717, 1.165) is 23.5 Å². The van der Waals surface area contributed by atoms with Crippen molar-refractivity contribution in [2.45, 2.75) is 0 Å². The zero-order valence-corrected chi connectivity index (χ0v) is 21.7. The monoisotopic (exact) mass is 534 g/mol. The SMILES string of the molecule is COc1ccc(N2C(=O)C(=C3SC(=S)N(c4ccc(OC)cc4OC)C3=O)SC2=S)c(OC)c1. The molecule has 4 rings (SSSR count). The number of thiocarbonyl (C=S) groups is 2. The molecule has 0 N–H and O–H groups in total. The van der Waals surface area contributed by atoms with Crippen LogP contribution in [0.15, 0.2) is 46.2 Å². The minimum absolute atomic E-state index is 0.204. The molecule has 2 saturated heterocycles. The molecule has 8 nitrogen and oxygen atoms in total. The number of hydrogen-bond donors (Lipinski definition) is 0. The predicted octanol–water partition coefficient (Wildman–Crippen LogP) is 4.36. The van der Waals surface area contributed by atoms with Gasteiger partial charge in [0.05, 0.1) is 49.6 Å². The number of amides is 2. The Balaban J connectivity index is 1.72. The number of hydrogen-bond acceptors (Lipinski definition) is 10. The molecule has 2 aliphatic heterocycles. The van der Waals surface area contributed by atoms with E-state index in [1.165, 1.54) is 38.2 Å². The first-order chi connectivity index (χ1) is 16.3. The molecule has 0 spiro atoms. The zero-order valence-electron chi connectivity index (χ0n) is 18.4. The third-order valence-electron chi connectivity index (χ3n) is 5.00. The van der Waals surface area contributed by atoms with Gasteiger partial charge in [0, 0.05) is 12.1 Å². The van der Waals surface area contributed by atoms with Crippen molar-refractivity contribution in [3.05, 3.63) is 46.2 Å². The molecule has 2 aromatic rings. The van der Waals surface area contributed by atoms with Crippen LogP contribution in [-0.2, 0) is 9.59 Å². The minimum Gasteiger partial charge on any atom is -0.497 e. The third kappa shape index (κ3) is 4.11. The molecule has 0 radical (unpaired) electrons. The van der Waals surface area contributed by atoms with Crippen molar-refractivity contribution in [2.24, 2.45) is 0 Å². The van der Waals surface area contributed by atoms with Crippen LogP contribution < -0.4 is 28.7 Å². The van der Waals surface area contributed by atoms with E-state index in [-0.39, 0.29) is 18.5 Å². The summed E-state index contributed by atoms with van der Waals surface area (Å²) in [7, 11) is 6.05. The van der Waals surface area contributed by atoms with Crippen molar-refractivity contribution in [3.8, 4) is 23.0 Å². The number of carbonyl (C=O) groups is 2. The molecule has 0 bridgehead atoms. The molecule has 2 amide bonds. The summed E-state index contributed by atoms with van der Waals surface area (Å²) < 4.78 is 21.9. The normalized spacial score (nSPS) is 18.1. The van der Waals surface area contributed by atoms with Gasteiger partial charge in [-0.15, -0.1) is 0 Å². The Kier molecular flexibility index (Phi) is 7.03. The van der Waals surface area contributed by atoms with E-state index in [2.05, 4.69) is 0 Å². The fraction of sp³-hybridized carbons (Fsp3) is 0.182. The van der Waals surface area contributed by atoms with Crippen LogP contribution in [0, 0.1) is 0 Å². The molecule has 0 aliphatic carbocycles. The number of methoxy groups -OCH3 is 4. The van der Waals surface area contributed by atoms with Crippen LogP contribution in [-0.4, -0.2) is 48.9 Å². The molecule has 2 aromatic carbocycles. The number of rotatable bonds is 6. The second-order valence-electron chi connectivity index (χ2n) is 6.75. The van der Waals surface area contributed by atoms with Gasteiger partial charge >= 0.3 is 0 Å². The molecule has 2 fully saturated rings. The van der Waals surface area contributed by atoms with Gasteiger partial charge in [0.1, 0.15) is 23.0 Å². The molecule has 2 heterocycles. The maximum absolute atomic E-state index is 13.4. The fourth-order valence-electron chi connectivity index (χ4n) is 3.36. The summed E-state index contributed by atoms with van der Waals surface area (Å²) in [6.07, 6.45) is 0. The van der Waals surface area contributed by atoms with E-state index in [1.807, 2.05) is 0 Å². The average Bonchev–Trinajstić information content (AvgIpc) is 3.31. The van der Waals surface area contributed by atoms with Crippen molar-refractivity contribution < 1.29 is 28.5 Å². The zero-order chi connectivity index (χ0) is 24.6. The van der Waals surface area contributed by atoms with Gasteiger partial charge in [-0.2, -0.15) is 0 Å². The molecule has 0 atom stereocenters. The van der Waals surface area contributed by atoms with Gasteiger partial charge < -0.3 is 18.9 Å². The maximum Gasteiger partial charge on any atom is 0.272 e. The average molecular weight is 535 g/mol. The number of thioether (sulfide) groups is 2. The van der Waals surface area contributed by atoms with E-state index in [1.54, 1.807) is 36.4 Å². The molecule has 12 heteroatoms. The second-order valence-corrected chi connectivity index (χ2v) is 10.0. The highest BCUT2D eigenvalue weighted by molar-refractivity contribution is 8.30. The summed E-state index contributed by atoms with van der Waals surface area (Å²) in [5, 5.41) is 0. The van der Waals surface area contributed by atoms with E-state index in [9.17, 15) is 9.59 Å². The van der Waals surface area contributed by atoms with Gasteiger partial charge in [0.25, 0.3) is 11.8 Å². The Morgan fingerprint density at radius 2 is 1.03 bits per heavy atom. The summed E-state index contributed by atoms with van der Waals surface area (Å²) in [6, 6.07) is 10.1. The molecule has 0 aromatic heterocycles.